The fourth-order valence-electron chi connectivity index (χ4n) is 2.28. The van der Waals surface area contributed by atoms with Crippen molar-refractivity contribution in [1.29, 1.82) is 0 Å². The summed E-state index contributed by atoms with van der Waals surface area (Å²) in [7, 11) is 0. The third-order valence-electron chi connectivity index (χ3n) is 3.48. The Labute approximate surface area is 115 Å². The normalized spacial score (nSPS) is 11.4. The van der Waals surface area contributed by atoms with Crippen molar-refractivity contribution in [3.63, 3.8) is 0 Å². The van der Waals surface area contributed by atoms with Crippen LogP contribution in [0.1, 0.15) is 90.4 Å². The fourth-order valence-corrected chi connectivity index (χ4v) is 2.28. The molecule has 0 radical (unpaired) electrons. The monoisotopic (exact) mass is 253 g/mol. The van der Waals surface area contributed by atoms with Crippen LogP contribution in [0, 0.1) is 0 Å². The maximum Gasteiger partial charge on any atom is -0.00773 e. The summed E-state index contributed by atoms with van der Waals surface area (Å²) in [6, 6.07) is 0. The summed E-state index contributed by atoms with van der Waals surface area (Å²) in [5.74, 6) is 0. The van der Waals surface area contributed by atoms with Gasteiger partial charge in [0.25, 0.3) is 0 Å². The minimum atomic E-state index is 0.868. The largest absolute Gasteiger partial charge is 0.330 e. The Hall–Kier alpha value is -0.300. The Kier molecular flexibility index (Phi) is 16.4. The van der Waals surface area contributed by atoms with Gasteiger partial charge in [-0.25, -0.2) is 0 Å². The van der Waals surface area contributed by atoms with Crippen molar-refractivity contribution in [3.8, 4) is 0 Å². The zero-order valence-corrected chi connectivity index (χ0v) is 12.6. The highest BCUT2D eigenvalue weighted by Gasteiger charge is 1.92. The van der Waals surface area contributed by atoms with E-state index in [0.717, 1.165) is 6.54 Å². The molecule has 2 N–H and O–H groups in total. The zero-order chi connectivity index (χ0) is 13.3. The van der Waals surface area contributed by atoms with Crippen LogP contribution in [-0.2, 0) is 0 Å². The topological polar surface area (TPSA) is 26.0 Å². The van der Waals surface area contributed by atoms with Crippen LogP contribution in [0.25, 0.3) is 0 Å². The molecule has 108 valence electrons. The molecule has 0 unspecified atom stereocenters. The lowest BCUT2D eigenvalue weighted by Crippen LogP contribution is -1.97. The first-order valence-corrected chi connectivity index (χ1v) is 8.27. The predicted octanol–water partition coefficient (Wildman–Crippen LogP) is 5.59. The summed E-state index contributed by atoms with van der Waals surface area (Å²) in [5, 5.41) is 0. The Bertz CT molecular complexity index is 163. The van der Waals surface area contributed by atoms with E-state index in [2.05, 4.69) is 19.1 Å². The highest BCUT2D eigenvalue weighted by molar-refractivity contribution is 4.79. The van der Waals surface area contributed by atoms with Crippen LogP contribution in [0.3, 0.4) is 0 Å². The average molecular weight is 253 g/mol. The smallest absolute Gasteiger partial charge is 0.00773 e. The Morgan fingerprint density at radius 2 is 1.06 bits per heavy atom. The lowest BCUT2D eigenvalue weighted by atomic mass is 10.1. The first kappa shape index (κ1) is 17.7. The van der Waals surface area contributed by atoms with E-state index < -0.39 is 0 Å². The second-order valence-electron chi connectivity index (χ2n) is 5.35. The molecule has 0 saturated carbocycles. The molecule has 0 atom stereocenters. The summed E-state index contributed by atoms with van der Waals surface area (Å²) in [4.78, 5) is 0. The summed E-state index contributed by atoms with van der Waals surface area (Å²) >= 11 is 0. The van der Waals surface area contributed by atoms with Crippen LogP contribution in [0.2, 0.25) is 0 Å². The van der Waals surface area contributed by atoms with Gasteiger partial charge >= 0.3 is 0 Å². The van der Waals surface area contributed by atoms with Crippen molar-refractivity contribution in [2.75, 3.05) is 6.54 Å². The van der Waals surface area contributed by atoms with E-state index in [1.54, 1.807) is 0 Å². The number of nitrogens with two attached hydrogens (primary N) is 1. The third kappa shape index (κ3) is 15.7. The van der Waals surface area contributed by atoms with Gasteiger partial charge in [0.05, 0.1) is 0 Å². The maximum atomic E-state index is 5.47. The molecule has 0 aliphatic rings. The number of hydrogen-bond acceptors (Lipinski definition) is 1. The van der Waals surface area contributed by atoms with Gasteiger partial charge in [-0.1, -0.05) is 76.9 Å². The molecule has 0 aromatic carbocycles. The summed E-state index contributed by atoms with van der Waals surface area (Å²) in [6.07, 6.45) is 22.5. The molecule has 0 bridgehead atoms. The lowest BCUT2D eigenvalue weighted by molar-refractivity contribution is 0.547. The molecule has 0 heterocycles. The molecule has 0 rings (SSSR count). The quantitative estimate of drug-likeness (QED) is 0.317. The molecule has 0 aromatic rings. The number of allylic oxidation sites excluding steroid dienone is 2. The third-order valence-corrected chi connectivity index (χ3v) is 3.48. The van der Waals surface area contributed by atoms with Gasteiger partial charge in [0.2, 0.25) is 0 Å². The molecule has 0 fully saturated rings. The first-order valence-electron chi connectivity index (χ1n) is 8.27. The number of rotatable bonds is 14. The van der Waals surface area contributed by atoms with Gasteiger partial charge in [-0.15, -0.1) is 0 Å². The molecule has 0 aliphatic carbocycles. The van der Waals surface area contributed by atoms with Gasteiger partial charge in [-0.05, 0) is 32.2 Å². The standard InChI is InChI=1S/C17H35N/c1-2-3-4-5-6-7-8-9-10-11-12-13-14-15-16-17-18/h3-4H,2,5-18H2,1H3/b4-3+. The van der Waals surface area contributed by atoms with Crippen molar-refractivity contribution in [1.82, 2.24) is 0 Å². The van der Waals surface area contributed by atoms with Gasteiger partial charge in [-0.3, -0.25) is 0 Å². The SMILES string of the molecule is CC/C=C/CCCCCCCCCCCCCN. The van der Waals surface area contributed by atoms with Gasteiger partial charge in [-0.2, -0.15) is 0 Å². The lowest BCUT2D eigenvalue weighted by Gasteiger charge is -2.02. The van der Waals surface area contributed by atoms with Crippen molar-refractivity contribution in [2.24, 2.45) is 5.73 Å². The van der Waals surface area contributed by atoms with Gasteiger partial charge in [0, 0.05) is 0 Å². The van der Waals surface area contributed by atoms with E-state index in [-0.39, 0.29) is 0 Å². The molecule has 18 heavy (non-hydrogen) atoms. The molecule has 0 aromatic heterocycles. The van der Waals surface area contributed by atoms with E-state index in [1.165, 1.54) is 83.5 Å². The van der Waals surface area contributed by atoms with E-state index >= 15 is 0 Å². The van der Waals surface area contributed by atoms with E-state index in [9.17, 15) is 0 Å². The molecular weight excluding hydrogens is 218 g/mol. The zero-order valence-electron chi connectivity index (χ0n) is 12.6. The second-order valence-corrected chi connectivity index (χ2v) is 5.35. The van der Waals surface area contributed by atoms with Crippen LogP contribution < -0.4 is 5.73 Å². The van der Waals surface area contributed by atoms with Crippen LogP contribution in [0.5, 0.6) is 0 Å². The van der Waals surface area contributed by atoms with E-state index in [4.69, 9.17) is 5.73 Å². The van der Waals surface area contributed by atoms with E-state index in [0.29, 0.717) is 0 Å². The van der Waals surface area contributed by atoms with Gasteiger partial charge in [0.1, 0.15) is 0 Å². The highest BCUT2D eigenvalue weighted by Crippen LogP contribution is 2.11. The molecular formula is C17H35N. The van der Waals surface area contributed by atoms with Crippen molar-refractivity contribution >= 4 is 0 Å². The predicted molar refractivity (Wildman–Crippen MR) is 83.9 cm³/mol. The first-order chi connectivity index (χ1) is 8.91. The van der Waals surface area contributed by atoms with Crippen molar-refractivity contribution in [3.05, 3.63) is 12.2 Å². The summed E-state index contributed by atoms with van der Waals surface area (Å²) in [5.41, 5.74) is 5.47. The molecule has 0 aliphatic heterocycles. The number of unbranched alkanes of at least 4 members (excludes halogenated alkanes) is 11. The molecule has 0 saturated heterocycles. The van der Waals surface area contributed by atoms with Crippen LogP contribution in [0.4, 0.5) is 0 Å². The summed E-state index contributed by atoms with van der Waals surface area (Å²) < 4.78 is 0. The van der Waals surface area contributed by atoms with Crippen LogP contribution in [-0.4, -0.2) is 6.54 Å². The van der Waals surface area contributed by atoms with Crippen molar-refractivity contribution < 1.29 is 0 Å². The van der Waals surface area contributed by atoms with Crippen LogP contribution in [0.15, 0.2) is 12.2 Å². The van der Waals surface area contributed by atoms with Gasteiger partial charge in [0.15, 0.2) is 0 Å². The minimum Gasteiger partial charge on any atom is -0.330 e. The maximum absolute atomic E-state index is 5.47. The summed E-state index contributed by atoms with van der Waals surface area (Å²) in [6.45, 7) is 3.07. The van der Waals surface area contributed by atoms with Crippen molar-refractivity contribution in [2.45, 2.75) is 90.4 Å². The Morgan fingerprint density at radius 1 is 0.611 bits per heavy atom. The Morgan fingerprint density at radius 3 is 1.50 bits per heavy atom. The fraction of sp³-hybridized carbons (Fsp3) is 0.882. The highest BCUT2D eigenvalue weighted by atomic mass is 14.5. The van der Waals surface area contributed by atoms with E-state index in [1.807, 2.05) is 0 Å². The molecule has 1 heteroatoms. The van der Waals surface area contributed by atoms with Crippen LogP contribution >= 0.6 is 0 Å². The molecule has 0 amide bonds. The molecule has 0 spiro atoms. The minimum absolute atomic E-state index is 0.868. The Balaban J connectivity index is 2.92. The second kappa shape index (κ2) is 16.7. The van der Waals surface area contributed by atoms with Gasteiger partial charge < -0.3 is 5.73 Å². The number of hydrogen-bond donors (Lipinski definition) is 1. The molecule has 1 nitrogen and oxygen atoms in total. The average Bonchev–Trinajstić information content (AvgIpc) is 2.39.